The van der Waals surface area contributed by atoms with Crippen LogP contribution in [-0.4, -0.2) is 48.9 Å². The highest BCUT2D eigenvalue weighted by atomic mass is 16.5. The van der Waals surface area contributed by atoms with Gasteiger partial charge in [-0.05, 0) is 20.3 Å². The molecule has 6 nitrogen and oxygen atoms in total. The fraction of sp³-hybridized carbons (Fsp3) is 0.818. The lowest BCUT2D eigenvalue weighted by Gasteiger charge is -2.23. The average Bonchev–Trinajstić information content (AvgIpc) is 2.21. The van der Waals surface area contributed by atoms with Crippen molar-refractivity contribution in [2.45, 2.75) is 38.8 Å². The Morgan fingerprint density at radius 3 is 2.41 bits per heavy atom. The number of hydrogen-bond acceptors (Lipinski definition) is 4. The van der Waals surface area contributed by atoms with E-state index >= 15 is 0 Å². The van der Waals surface area contributed by atoms with Gasteiger partial charge in [0, 0.05) is 20.6 Å². The van der Waals surface area contributed by atoms with Gasteiger partial charge in [-0.3, -0.25) is 4.79 Å². The molecule has 0 aliphatic carbocycles. The van der Waals surface area contributed by atoms with Gasteiger partial charge >= 0.3 is 5.97 Å². The molecule has 0 aromatic carbocycles. The molecule has 1 amide bonds. The van der Waals surface area contributed by atoms with E-state index in [1.54, 1.807) is 7.11 Å². The van der Waals surface area contributed by atoms with Gasteiger partial charge in [-0.1, -0.05) is 0 Å². The summed E-state index contributed by atoms with van der Waals surface area (Å²) in [4.78, 5) is 21.5. The third kappa shape index (κ3) is 7.70. The van der Waals surface area contributed by atoms with Gasteiger partial charge in [0.25, 0.3) is 0 Å². The molecule has 1 atom stereocenters. The van der Waals surface area contributed by atoms with Crippen molar-refractivity contribution >= 4 is 11.9 Å². The van der Waals surface area contributed by atoms with E-state index in [0.29, 0.717) is 13.0 Å². The molecule has 17 heavy (non-hydrogen) atoms. The van der Waals surface area contributed by atoms with Crippen LogP contribution in [0.2, 0.25) is 0 Å². The van der Waals surface area contributed by atoms with Crippen LogP contribution in [0.3, 0.4) is 0 Å². The standard InChI is InChI=1S/C11H21NO5/c1-8(13)12-9(10(14)15)7-17-6-5-11(2,3)16-4/h9H,5-7H2,1-4H3,(H,12,13)(H,14,15). The van der Waals surface area contributed by atoms with E-state index in [1.807, 2.05) is 13.8 Å². The monoisotopic (exact) mass is 247 g/mol. The zero-order valence-corrected chi connectivity index (χ0v) is 10.8. The summed E-state index contributed by atoms with van der Waals surface area (Å²) in [5, 5.41) is 11.1. The number of nitrogens with one attached hydrogen (secondary N) is 1. The van der Waals surface area contributed by atoms with Gasteiger partial charge in [0.15, 0.2) is 6.04 Å². The maximum Gasteiger partial charge on any atom is 0.328 e. The molecule has 0 aliphatic rings. The van der Waals surface area contributed by atoms with Crippen LogP contribution in [0.4, 0.5) is 0 Å². The summed E-state index contributed by atoms with van der Waals surface area (Å²) < 4.78 is 10.4. The maximum absolute atomic E-state index is 10.8. The van der Waals surface area contributed by atoms with Crippen LogP contribution in [0.25, 0.3) is 0 Å². The Morgan fingerprint density at radius 1 is 1.41 bits per heavy atom. The van der Waals surface area contributed by atoms with Crippen LogP contribution in [0.15, 0.2) is 0 Å². The highest BCUT2D eigenvalue weighted by Crippen LogP contribution is 2.12. The Bertz CT molecular complexity index is 265. The molecule has 6 heteroatoms. The number of carboxylic acid groups (broad SMARTS) is 1. The maximum atomic E-state index is 10.8. The van der Waals surface area contributed by atoms with Gasteiger partial charge in [-0.2, -0.15) is 0 Å². The van der Waals surface area contributed by atoms with Crippen molar-refractivity contribution in [3.63, 3.8) is 0 Å². The molecule has 0 heterocycles. The topological polar surface area (TPSA) is 84.9 Å². The smallest absolute Gasteiger partial charge is 0.328 e. The third-order valence-electron chi connectivity index (χ3n) is 2.36. The third-order valence-corrected chi connectivity index (χ3v) is 2.36. The summed E-state index contributed by atoms with van der Waals surface area (Å²) in [6.45, 7) is 5.43. The molecule has 0 aromatic rings. The number of carbonyl (C=O) groups is 2. The van der Waals surface area contributed by atoms with Crippen LogP contribution in [0, 0.1) is 0 Å². The zero-order valence-electron chi connectivity index (χ0n) is 10.8. The molecule has 0 spiro atoms. The second kappa shape index (κ2) is 7.24. The van der Waals surface area contributed by atoms with E-state index in [-0.39, 0.29) is 12.2 Å². The molecule has 0 aromatic heterocycles. The van der Waals surface area contributed by atoms with Crippen molar-refractivity contribution in [3.05, 3.63) is 0 Å². The van der Waals surface area contributed by atoms with Crippen molar-refractivity contribution in [2.24, 2.45) is 0 Å². The lowest BCUT2D eigenvalue weighted by atomic mass is 10.1. The molecular weight excluding hydrogens is 226 g/mol. The SMILES string of the molecule is COC(C)(C)CCOCC(NC(C)=O)C(=O)O. The van der Waals surface area contributed by atoms with Crippen LogP contribution in [0.1, 0.15) is 27.2 Å². The number of carbonyl (C=O) groups excluding carboxylic acids is 1. The first-order valence-corrected chi connectivity index (χ1v) is 5.41. The highest BCUT2D eigenvalue weighted by molar-refractivity contribution is 5.82. The lowest BCUT2D eigenvalue weighted by Crippen LogP contribution is -2.43. The predicted molar refractivity (Wildman–Crippen MR) is 61.8 cm³/mol. The predicted octanol–water partition coefficient (Wildman–Crippen LogP) is 0.407. The number of ether oxygens (including phenoxy) is 2. The van der Waals surface area contributed by atoms with Crippen LogP contribution >= 0.6 is 0 Å². The molecule has 0 aliphatic heterocycles. The quantitative estimate of drug-likeness (QED) is 0.607. The summed E-state index contributed by atoms with van der Waals surface area (Å²) >= 11 is 0. The van der Waals surface area contributed by atoms with Gasteiger partial charge < -0.3 is 19.9 Å². The summed E-state index contributed by atoms with van der Waals surface area (Å²) in [5.74, 6) is -1.50. The molecular formula is C11H21NO5. The van der Waals surface area contributed by atoms with Crippen LogP contribution in [-0.2, 0) is 19.1 Å². The van der Waals surface area contributed by atoms with E-state index in [4.69, 9.17) is 14.6 Å². The Hall–Kier alpha value is -1.14. The first-order valence-electron chi connectivity index (χ1n) is 5.41. The van der Waals surface area contributed by atoms with Crippen molar-refractivity contribution < 1.29 is 24.2 Å². The average molecular weight is 247 g/mol. The largest absolute Gasteiger partial charge is 0.480 e. The first kappa shape index (κ1) is 15.9. The summed E-state index contributed by atoms with van der Waals surface area (Å²) in [6.07, 6.45) is 0.649. The Labute approximate surface area is 101 Å². The van der Waals surface area contributed by atoms with Gasteiger partial charge in [-0.15, -0.1) is 0 Å². The minimum Gasteiger partial charge on any atom is -0.480 e. The molecule has 0 fully saturated rings. The highest BCUT2D eigenvalue weighted by Gasteiger charge is 2.20. The minimum absolute atomic E-state index is 0.0469. The number of carboxylic acids is 1. The van der Waals surface area contributed by atoms with Gasteiger partial charge in [0.1, 0.15) is 0 Å². The summed E-state index contributed by atoms with van der Waals surface area (Å²) in [7, 11) is 1.61. The van der Waals surface area contributed by atoms with Gasteiger partial charge in [0.05, 0.1) is 12.2 Å². The Kier molecular flexibility index (Phi) is 6.75. The Morgan fingerprint density at radius 2 is 2.00 bits per heavy atom. The second-order valence-electron chi connectivity index (χ2n) is 4.38. The number of amides is 1. The number of methoxy groups -OCH3 is 1. The van der Waals surface area contributed by atoms with Crippen molar-refractivity contribution in [3.8, 4) is 0 Å². The number of rotatable bonds is 8. The minimum atomic E-state index is -1.11. The normalized spacial score (nSPS) is 13.2. The lowest BCUT2D eigenvalue weighted by molar-refractivity contribution is -0.143. The van der Waals surface area contributed by atoms with Gasteiger partial charge in [0.2, 0.25) is 5.91 Å². The molecule has 0 saturated heterocycles. The molecule has 0 rings (SSSR count). The number of hydrogen-bond donors (Lipinski definition) is 2. The molecule has 100 valence electrons. The zero-order chi connectivity index (χ0) is 13.5. The van der Waals surface area contributed by atoms with Crippen molar-refractivity contribution in [2.75, 3.05) is 20.3 Å². The first-order chi connectivity index (χ1) is 7.78. The summed E-state index contributed by atoms with van der Waals surface area (Å²) in [6, 6.07) is -1.00. The molecule has 0 saturated carbocycles. The van der Waals surface area contributed by atoms with Gasteiger partial charge in [-0.25, -0.2) is 4.79 Å². The number of aliphatic carboxylic acids is 1. The van der Waals surface area contributed by atoms with E-state index in [0.717, 1.165) is 0 Å². The van der Waals surface area contributed by atoms with E-state index in [9.17, 15) is 9.59 Å². The summed E-state index contributed by atoms with van der Waals surface area (Å²) in [5.41, 5.74) is -0.299. The van der Waals surface area contributed by atoms with Crippen molar-refractivity contribution in [1.29, 1.82) is 0 Å². The Balaban J connectivity index is 3.91. The van der Waals surface area contributed by atoms with E-state index in [2.05, 4.69) is 5.32 Å². The molecule has 0 bridgehead atoms. The molecule has 1 unspecified atom stereocenters. The van der Waals surface area contributed by atoms with Crippen molar-refractivity contribution in [1.82, 2.24) is 5.32 Å². The fourth-order valence-electron chi connectivity index (χ4n) is 1.04. The van der Waals surface area contributed by atoms with Crippen LogP contribution in [0.5, 0.6) is 0 Å². The fourth-order valence-corrected chi connectivity index (χ4v) is 1.04. The molecule has 2 N–H and O–H groups in total. The van der Waals surface area contributed by atoms with Crippen LogP contribution < -0.4 is 5.32 Å². The molecule has 0 radical (unpaired) electrons. The van der Waals surface area contributed by atoms with E-state index < -0.39 is 17.9 Å². The second-order valence-corrected chi connectivity index (χ2v) is 4.38. The van der Waals surface area contributed by atoms with E-state index in [1.165, 1.54) is 6.92 Å².